The maximum absolute atomic E-state index is 13.5. The molecular formula is C24H24F4N2O8. The molecule has 2 aromatic carbocycles. The Hall–Kier alpha value is -4.36. The van der Waals surface area contributed by atoms with Gasteiger partial charge in [-0.25, -0.2) is 8.78 Å². The number of nitrogens with zero attached hydrogens (tertiary/aromatic N) is 1. The Morgan fingerprint density at radius 3 is 1.37 bits per heavy atom. The number of hydrogen-bond acceptors (Lipinski definition) is 9. The van der Waals surface area contributed by atoms with Gasteiger partial charge in [-0.3, -0.25) is 29.3 Å². The third-order valence-corrected chi connectivity index (χ3v) is 4.85. The number of benzene rings is 2. The van der Waals surface area contributed by atoms with Crippen molar-refractivity contribution in [1.82, 2.24) is 0 Å². The Labute approximate surface area is 213 Å². The molecule has 0 fully saturated rings. The lowest BCUT2D eigenvalue weighted by Crippen LogP contribution is -2.22. The van der Waals surface area contributed by atoms with Crippen LogP contribution in [0.15, 0.2) is 24.3 Å². The van der Waals surface area contributed by atoms with Crippen molar-refractivity contribution in [2.75, 3.05) is 18.9 Å². The number of nitro benzene ring substituents is 1. The van der Waals surface area contributed by atoms with E-state index in [1.54, 1.807) is 6.92 Å². The number of esters is 2. The van der Waals surface area contributed by atoms with Crippen LogP contribution in [0.4, 0.5) is 28.9 Å². The Bertz CT molecular complexity index is 1210. The second-order valence-electron chi connectivity index (χ2n) is 7.58. The summed E-state index contributed by atoms with van der Waals surface area (Å²) < 4.78 is 62.9. The van der Waals surface area contributed by atoms with Crippen LogP contribution in [0.1, 0.15) is 50.7 Å². The fourth-order valence-electron chi connectivity index (χ4n) is 3.22. The monoisotopic (exact) mass is 544 g/mol. The van der Waals surface area contributed by atoms with Crippen LogP contribution in [0, 0.1) is 33.4 Å². The van der Waals surface area contributed by atoms with Crippen LogP contribution in [-0.2, 0) is 28.7 Å². The van der Waals surface area contributed by atoms with E-state index in [9.17, 15) is 46.9 Å². The lowest BCUT2D eigenvalue weighted by atomic mass is 9.95. The number of anilines is 1. The second kappa shape index (κ2) is 13.8. The average Bonchev–Trinajstić information content (AvgIpc) is 2.77. The summed E-state index contributed by atoms with van der Waals surface area (Å²) in [5, 5.41) is 10.5. The lowest BCUT2D eigenvalue weighted by Gasteiger charge is -2.13. The van der Waals surface area contributed by atoms with Crippen LogP contribution in [0.25, 0.3) is 0 Å². The molecule has 2 aromatic rings. The van der Waals surface area contributed by atoms with Crippen molar-refractivity contribution in [1.29, 1.82) is 0 Å². The highest BCUT2D eigenvalue weighted by molar-refractivity contribution is 6.04. The molecule has 0 amide bonds. The van der Waals surface area contributed by atoms with Gasteiger partial charge in [0.05, 0.1) is 18.1 Å². The number of carbonyl (C=O) groups excluding carboxylic acids is 4. The fraction of sp³-hybridized carbons (Fsp3) is 0.333. The van der Waals surface area contributed by atoms with Gasteiger partial charge in [0.1, 0.15) is 40.7 Å². The van der Waals surface area contributed by atoms with E-state index in [0.717, 1.165) is 26.0 Å². The van der Waals surface area contributed by atoms with E-state index in [0.29, 0.717) is 12.1 Å². The van der Waals surface area contributed by atoms with E-state index in [-0.39, 0.29) is 24.3 Å². The second-order valence-corrected chi connectivity index (χ2v) is 7.58. The molecule has 2 N–H and O–H groups in total. The topological polar surface area (TPSA) is 156 Å². The predicted molar refractivity (Wildman–Crippen MR) is 124 cm³/mol. The van der Waals surface area contributed by atoms with Crippen molar-refractivity contribution in [2.24, 2.45) is 0 Å². The van der Waals surface area contributed by atoms with Crippen molar-refractivity contribution >= 4 is 34.9 Å². The number of hydrogen-bond donors (Lipinski definition) is 1. The quantitative estimate of drug-likeness (QED) is 0.124. The highest BCUT2D eigenvalue weighted by Crippen LogP contribution is 2.28. The summed E-state index contributed by atoms with van der Waals surface area (Å²) in [5.41, 5.74) is 2.70. The summed E-state index contributed by atoms with van der Waals surface area (Å²) in [6.45, 7) is 5.33. The minimum absolute atomic E-state index is 0.0133. The van der Waals surface area contributed by atoms with Crippen molar-refractivity contribution in [3.8, 4) is 0 Å². The van der Waals surface area contributed by atoms with Crippen LogP contribution in [0.2, 0.25) is 0 Å². The van der Waals surface area contributed by atoms with Crippen LogP contribution < -0.4 is 5.73 Å². The standard InChI is InChI=1S/C12H11F2NO5.C12H13F2NO3/c1-3-20-12(17)10(6(2)16)7-4-8(13)11(15(18)19)9(14)5-7;1-3-18-12(17)10(6(2)16)7-4-8(13)11(15)9(14)5-7/h4-5,10H,3H2,1-2H3;4-5,10H,3,15H2,1-2H3. The van der Waals surface area contributed by atoms with Gasteiger partial charge in [-0.1, -0.05) is 0 Å². The van der Waals surface area contributed by atoms with Crippen molar-refractivity contribution in [2.45, 2.75) is 39.5 Å². The summed E-state index contributed by atoms with van der Waals surface area (Å²) in [4.78, 5) is 55.2. The van der Waals surface area contributed by atoms with Gasteiger partial charge in [-0.05, 0) is 63.1 Å². The molecule has 0 heterocycles. The lowest BCUT2D eigenvalue weighted by molar-refractivity contribution is -0.390. The van der Waals surface area contributed by atoms with Gasteiger partial charge in [0, 0.05) is 0 Å². The summed E-state index contributed by atoms with van der Waals surface area (Å²) in [5.74, 6) is -10.8. The molecule has 14 heteroatoms. The first kappa shape index (κ1) is 31.7. The zero-order valence-corrected chi connectivity index (χ0v) is 20.7. The molecule has 2 unspecified atom stereocenters. The Morgan fingerprint density at radius 1 is 0.789 bits per heavy atom. The average molecular weight is 544 g/mol. The number of carbonyl (C=O) groups is 4. The van der Waals surface area contributed by atoms with E-state index in [1.807, 2.05) is 0 Å². The third kappa shape index (κ3) is 7.82. The molecule has 0 radical (unpaired) electrons. The van der Waals surface area contributed by atoms with Crippen LogP contribution in [0.5, 0.6) is 0 Å². The molecule has 0 spiro atoms. The van der Waals surface area contributed by atoms with Gasteiger partial charge in [-0.15, -0.1) is 0 Å². The molecule has 2 atom stereocenters. The molecule has 0 bridgehead atoms. The molecule has 0 aliphatic carbocycles. The molecule has 206 valence electrons. The molecule has 10 nitrogen and oxygen atoms in total. The highest BCUT2D eigenvalue weighted by atomic mass is 19.1. The minimum atomic E-state index is -1.51. The van der Waals surface area contributed by atoms with E-state index >= 15 is 0 Å². The summed E-state index contributed by atoms with van der Waals surface area (Å²) >= 11 is 0. The number of nitrogens with two attached hydrogens (primary N) is 1. The number of Topliss-reactive ketones (excluding diaryl/α,β-unsaturated/α-hetero) is 2. The van der Waals surface area contributed by atoms with E-state index in [1.165, 1.54) is 6.92 Å². The Morgan fingerprint density at radius 2 is 1.11 bits per heavy atom. The van der Waals surface area contributed by atoms with Gasteiger partial charge < -0.3 is 15.2 Å². The van der Waals surface area contributed by atoms with Crippen LogP contribution in [0.3, 0.4) is 0 Å². The number of ether oxygens (including phenoxy) is 2. The molecule has 0 aromatic heterocycles. The largest absolute Gasteiger partial charge is 0.465 e. The fourth-order valence-corrected chi connectivity index (χ4v) is 3.22. The normalized spacial score (nSPS) is 11.9. The van der Waals surface area contributed by atoms with Crippen molar-refractivity contribution in [3.63, 3.8) is 0 Å². The first-order valence-corrected chi connectivity index (χ1v) is 10.9. The van der Waals surface area contributed by atoms with Gasteiger partial charge in [0.15, 0.2) is 0 Å². The van der Waals surface area contributed by atoms with E-state index in [4.69, 9.17) is 10.5 Å². The molecule has 0 aliphatic rings. The molecule has 0 aliphatic heterocycles. The molecule has 38 heavy (non-hydrogen) atoms. The highest BCUT2D eigenvalue weighted by Gasteiger charge is 2.31. The third-order valence-electron chi connectivity index (χ3n) is 4.85. The minimum Gasteiger partial charge on any atom is -0.465 e. The summed E-state index contributed by atoms with van der Waals surface area (Å²) in [7, 11) is 0. The zero-order chi connectivity index (χ0) is 29.3. The van der Waals surface area contributed by atoms with Gasteiger partial charge >= 0.3 is 17.6 Å². The molecule has 2 rings (SSSR count). The Kier molecular flexibility index (Phi) is 11.5. The van der Waals surface area contributed by atoms with Gasteiger partial charge in [0.2, 0.25) is 11.6 Å². The number of nitro groups is 1. The number of halogens is 4. The molecule has 0 saturated heterocycles. The van der Waals surface area contributed by atoms with Crippen LogP contribution >= 0.6 is 0 Å². The Balaban J connectivity index is 0.000000382. The summed E-state index contributed by atoms with van der Waals surface area (Å²) in [6, 6.07) is 2.90. The van der Waals surface area contributed by atoms with Crippen molar-refractivity contribution < 1.29 is 51.1 Å². The molecular weight excluding hydrogens is 520 g/mol. The van der Waals surface area contributed by atoms with E-state index < -0.39 is 74.9 Å². The number of ketones is 2. The van der Waals surface area contributed by atoms with Gasteiger partial charge in [-0.2, -0.15) is 8.78 Å². The van der Waals surface area contributed by atoms with Crippen LogP contribution in [-0.4, -0.2) is 41.6 Å². The zero-order valence-electron chi connectivity index (χ0n) is 20.7. The predicted octanol–water partition coefficient (Wildman–Crippen LogP) is 3.89. The SMILES string of the molecule is CCOC(=O)C(C(C)=O)c1cc(F)c(N)c(F)c1.CCOC(=O)C(C(C)=O)c1cc(F)c([N+](=O)[O-])c(F)c1. The number of nitrogen functional groups attached to an aromatic ring is 1. The van der Waals surface area contributed by atoms with Gasteiger partial charge in [0.25, 0.3) is 0 Å². The van der Waals surface area contributed by atoms with Crippen molar-refractivity contribution in [3.05, 3.63) is 68.8 Å². The smallest absolute Gasteiger partial charge is 0.340 e. The van der Waals surface area contributed by atoms with E-state index in [2.05, 4.69) is 4.74 Å². The maximum atomic E-state index is 13.5. The maximum Gasteiger partial charge on any atom is 0.340 e. The first-order valence-electron chi connectivity index (χ1n) is 10.9. The summed E-state index contributed by atoms with van der Waals surface area (Å²) in [6.07, 6.45) is 0. The first-order chi connectivity index (χ1) is 17.7. The number of rotatable bonds is 9. The molecule has 0 saturated carbocycles.